The van der Waals surface area contributed by atoms with Crippen molar-refractivity contribution in [2.45, 2.75) is 44.8 Å². The van der Waals surface area contributed by atoms with Gasteiger partial charge < -0.3 is 24.9 Å². The molecule has 0 aliphatic carbocycles. The first kappa shape index (κ1) is 21.3. The molecule has 33 heavy (non-hydrogen) atoms. The topological polar surface area (TPSA) is 125 Å². The number of fused-ring (bicyclic) bond motifs is 2. The normalized spacial score (nSPS) is 17.1. The highest BCUT2D eigenvalue weighted by atomic mass is 16.3. The van der Waals surface area contributed by atoms with E-state index in [9.17, 15) is 9.90 Å². The monoisotopic (exact) mass is 448 g/mol. The summed E-state index contributed by atoms with van der Waals surface area (Å²) in [5, 5.41) is 13.6. The van der Waals surface area contributed by atoms with Gasteiger partial charge in [-0.05, 0) is 38.8 Å². The van der Waals surface area contributed by atoms with Crippen molar-refractivity contribution in [1.82, 2.24) is 34.4 Å². The Morgan fingerprint density at radius 2 is 2.12 bits per heavy atom. The Morgan fingerprint density at radius 3 is 2.97 bits per heavy atom. The van der Waals surface area contributed by atoms with Crippen LogP contribution in [-0.4, -0.2) is 70.6 Å². The highest BCUT2D eigenvalue weighted by molar-refractivity contribution is 5.84. The SMILES string of the molecule is CC(C)(O)C(=O)N1CCC[C@@H](n2c(CCNc3ncnc4nc[nH]c34)nc3ccccc32)C1. The van der Waals surface area contributed by atoms with Gasteiger partial charge in [0.2, 0.25) is 0 Å². The molecule has 1 atom stereocenters. The number of imidazole rings is 2. The minimum atomic E-state index is -1.37. The van der Waals surface area contributed by atoms with E-state index in [0.717, 1.165) is 35.2 Å². The van der Waals surface area contributed by atoms with E-state index in [0.29, 0.717) is 37.5 Å². The average molecular weight is 449 g/mol. The second-order valence-electron chi connectivity index (χ2n) is 8.99. The lowest BCUT2D eigenvalue weighted by molar-refractivity contribution is -0.149. The Morgan fingerprint density at radius 1 is 1.27 bits per heavy atom. The van der Waals surface area contributed by atoms with Crippen LogP contribution in [0.3, 0.4) is 0 Å². The minimum Gasteiger partial charge on any atom is -0.381 e. The maximum Gasteiger partial charge on any atom is 0.254 e. The first-order chi connectivity index (χ1) is 15.9. The van der Waals surface area contributed by atoms with Gasteiger partial charge >= 0.3 is 0 Å². The number of carbonyl (C=O) groups is 1. The molecule has 3 N–H and O–H groups in total. The van der Waals surface area contributed by atoms with Gasteiger partial charge in [-0.2, -0.15) is 0 Å². The number of nitrogens with zero attached hydrogens (tertiary/aromatic N) is 6. The number of anilines is 1. The number of rotatable bonds is 6. The van der Waals surface area contributed by atoms with E-state index in [1.54, 1.807) is 25.1 Å². The smallest absolute Gasteiger partial charge is 0.254 e. The Balaban J connectivity index is 1.39. The molecule has 1 amide bonds. The number of aromatic amines is 1. The molecule has 5 rings (SSSR count). The lowest BCUT2D eigenvalue weighted by atomic mass is 10.0. The minimum absolute atomic E-state index is 0.103. The predicted octanol–water partition coefficient (Wildman–Crippen LogP) is 2.29. The van der Waals surface area contributed by atoms with Crippen LogP contribution in [0.1, 0.15) is 38.6 Å². The van der Waals surface area contributed by atoms with Crippen molar-refractivity contribution < 1.29 is 9.90 Å². The quantitative estimate of drug-likeness (QED) is 0.413. The van der Waals surface area contributed by atoms with Crippen molar-refractivity contribution in [3.8, 4) is 0 Å². The summed E-state index contributed by atoms with van der Waals surface area (Å²) >= 11 is 0. The molecule has 0 bridgehead atoms. The molecule has 0 unspecified atom stereocenters. The summed E-state index contributed by atoms with van der Waals surface area (Å²) in [6.45, 7) is 4.95. The molecular formula is C23H28N8O2. The number of hydrogen-bond acceptors (Lipinski definition) is 7. The van der Waals surface area contributed by atoms with Crippen molar-refractivity contribution in [2.24, 2.45) is 0 Å². The van der Waals surface area contributed by atoms with Crippen molar-refractivity contribution in [3.63, 3.8) is 0 Å². The second-order valence-corrected chi connectivity index (χ2v) is 8.99. The Bertz CT molecular complexity index is 1290. The lowest BCUT2D eigenvalue weighted by Crippen LogP contribution is -2.49. The van der Waals surface area contributed by atoms with Gasteiger partial charge in [0.25, 0.3) is 5.91 Å². The molecule has 1 aliphatic heterocycles. The van der Waals surface area contributed by atoms with Gasteiger partial charge in [0, 0.05) is 26.1 Å². The number of amides is 1. The summed E-state index contributed by atoms with van der Waals surface area (Å²) in [7, 11) is 0. The van der Waals surface area contributed by atoms with Crippen molar-refractivity contribution in [2.75, 3.05) is 25.0 Å². The van der Waals surface area contributed by atoms with Crippen LogP contribution in [0, 0.1) is 0 Å². The molecule has 172 valence electrons. The molecule has 4 heterocycles. The van der Waals surface area contributed by atoms with E-state index >= 15 is 0 Å². The van der Waals surface area contributed by atoms with Crippen molar-refractivity contribution >= 4 is 33.9 Å². The largest absolute Gasteiger partial charge is 0.381 e. The van der Waals surface area contributed by atoms with Crippen molar-refractivity contribution in [1.29, 1.82) is 0 Å². The molecule has 3 aromatic heterocycles. The zero-order valence-corrected chi connectivity index (χ0v) is 18.8. The number of H-pyrrole nitrogens is 1. The molecule has 10 heteroatoms. The summed E-state index contributed by atoms with van der Waals surface area (Å²) in [6.07, 6.45) is 5.63. The highest BCUT2D eigenvalue weighted by Crippen LogP contribution is 2.29. The third kappa shape index (κ3) is 4.13. The molecule has 1 saturated heterocycles. The van der Waals surface area contributed by atoms with Crippen LogP contribution in [0.5, 0.6) is 0 Å². The molecule has 1 aliphatic rings. The Kier molecular flexibility index (Phi) is 5.45. The maximum atomic E-state index is 12.7. The zero-order valence-electron chi connectivity index (χ0n) is 18.8. The fraction of sp³-hybridized carbons (Fsp3) is 0.435. The number of likely N-dealkylation sites (tertiary alicyclic amines) is 1. The molecule has 0 spiro atoms. The van der Waals surface area contributed by atoms with Gasteiger partial charge in [0.15, 0.2) is 11.5 Å². The predicted molar refractivity (Wildman–Crippen MR) is 125 cm³/mol. The van der Waals surface area contributed by atoms with E-state index in [1.807, 2.05) is 18.2 Å². The van der Waals surface area contributed by atoms with Gasteiger partial charge in [0.05, 0.1) is 23.4 Å². The summed E-state index contributed by atoms with van der Waals surface area (Å²) in [6, 6.07) is 8.20. The molecule has 0 radical (unpaired) electrons. The van der Waals surface area contributed by atoms with E-state index < -0.39 is 5.60 Å². The third-order valence-corrected chi connectivity index (χ3v) is 6.11. The van der Waals surface area contributed by atoms with E-state index in [2.05, 4.69) is 35.9 Å². The number of benzene rings is 1. The molecule has 1 aromatic carbocycles. The highest BCUT2D eigenvalue weighted by Gasteiger charge is 2.34. The van der Waals surface area contributed by atoms with Gasteiger partial charge in [-0.15, -0.1) is 0 Å². The summed E-state index contributed by atoms with van der Waals surface area (Å²) < 4.78 is 2.27. The number of nitrogens with one attached hydrogen (secondary N) is 2. The lowest BCUT2D eigenvalue weighted by Gasteiger charge is -2.37. The molecule has 0 saturated carbocycles. The van der Waals surface area contributed by atoms with Crippen LogP contribution in [0.4, 0.5) is 5.82 Å². The standard InChI is InChI=1S/C23H28N8O2/c1-23(2,33)22(32)30-11-5-6-15(12-30)31-17-8-4-3-7-16(17)29-18(31)9-10-24-20-19-21(26-13-25-19)28-14-27-20/h3-4,7-8,13-15,33H,5-6,9-12H2,1-2H3,(H2,24,25,26,27,28)/t15-/m1/s1. The fourth-order valence-electron chi connectivity index (χ4n) is 4.61. The fourth-order valence-corrected chi connectivity index (χ4v) is 4.61. The number of hydrogen-bond donors (Lipinski definition) is 3. The van der Waals surface area contributed by atoms with Crippen LogP contribution in [-0.2, 0) is 11.2 Å². The van der Waals surface area contributed by atoms with Crippen LogP contribution >= 0.6 is 0 Å². The molecule has 1 fully saturated rings. The summed E-state index contributed by atoms with van der Waals surface area (Å²) in [4.78, 5) is 35.1. The van der Waals surface area contributed by atoms with Crippen LogP contribution < -0.4 is 5.32 Å². The Hall–Kier alpha value is -3.53. The van der Waals surface area contributed by atoms with E-state index in [1.165, 1.54) is 6.33 Å². The summed E-state index contributed by atoms with van der Waals surface area (Å²) in [5.74, 6) is 1.44. The number of carbonyl (C=O) groups excluding carboxylic acids is 1. The average Bonchev–Trinajstić information content (AvgIpc) is 3.43. The Labute approximate surface area is 191 Å². The van der Waals surface area contributed by atoms with Crippen LogP contribution in [0.25, 0.3) is 22.2 Å². The number of piperidine rings is 1. The molecule has 4 aromatic rings. The first-order valence-electron chi connectivity index (χ1n) is 11.3. The van der Waals surface area contributed by atoms with Crippen LogP contribution in [0.2, 0.25) is 0 Å². The van der Waals surface area contributed by atoms with E-state index in [4.69, 9.17) is 4.98 Å². The first-order valence-corrected chi connectivity index (χ1v) is 11.3. The number of aromatic nitrogens is 6. The third-order valence-electron chi connectivity index (χ3n) is 6.11. The van der Waals surface area contributed by atoms with Gasteiger partial charge in [-0.25, -0.2) is 19.9 Å². The number of para-hydroxylation sites is 2. The van der Waals surface area contributed by atoms with E-state index in [-0.39, 0.29) is 11.9 Å². The zero-order chi connectivity index (χ0) is 23.0. The van der Waals surface area contributed by atoms with Crippen molar-refractivity contribution in [3.05, 3.63) is 42.7 Å². The second kappa shape index (κ2) is 8.43. The van der Waals surface area contributed by atoms with Gasteiger partial charge in [-0.1, -0.05) is 12.1 Å². The molecule has 10 nitrogen and oxygen atoms in total. The maximum absolute atomic E-state index is 12.7. The van der Waals surface area contributed by atoms with Crippen LogP contribution in [0.15, 0.2) is 36.9 Å². The molecular weight excluding hydrogens is 420 g/mol. The van der Waals surface area contributed by atoms with Gasteiger partial charge in [-0.3, -0.25) is 4.79 Å². The summed E-state index contributed by atoms with van der Waals surface area (Å²) in [5.41, 5.74) is 2.03. The van der Waals surface area contributed by atoms with Gasteiger partial charge in [0.1, 0.15) is 23.3 Å². The number of aliphatic hydroxyl groups is 1.